The van der Waals surface area contributed by atoms with Gasteiger partial charge in [-0.25, -0.2) is 4.79 Å². The Morgan fingerprint density at radius 1 is 1.11 bits per heavy atom. The molecule has 0 radical (unpaired) electrons. The van der Waals surface area contributed by atoms with Gasteiger partial charge in [-0.15, -0.1) is 0 Å². The summed E-state index contributed by atoms with van der Waals surface area (Å²) in [4.78, 5) is 41.2. The summed E-state index contributed by atoms with van der Waals surface area (Å²) in [6.45, 7) is 7.76. The van der Waals surface area contributed by atoms with Gasteiger partial charge in [-0.2, -0.15) is 0 Å². The Morgan fingerprint density at radius 3 is 2.58 bits per heavy atom. The lowest BCUT2D eigenvalue weighted by atomic mass is 9.47. The second-order valence-electron chi connectivity index (χ2n) is 12.5. The first-order valence-corrected chi connectivity index (χ1v) is 14.4. The lowest BCUT2D eigenvalue weighted by Gasteiger charge is -2.57. The molecule has 0 aliphatic heterocycles. The van der Waals surface area contributed by atoms with Gasteiger partial charge in [0.25, 0.3) is 5.91 Å². The van der Waals surface area contributed by atoms with Gasteiger partial charge in [0.1, 0.15) is 12.1 Å². The molecule has 0 aromatic heterocycles. The predicted octanol–water partition coefficient (Wildman–Crippen LogP) is 3.56. The summed E-state index contributed by atoms with van der Waals surface area (Å²) in [6.07, 6.45) is 11.3. The molecule has 4 N–H and O–H groups in total. The number of carbonyl (C=O) groups excluding carboxylic acids is 2. The van der Waals surface area contributed by atoms with Crippen LogP contribution < -0.4 is 10.6 Å². The molecule has 0 aromatic rings. The molecule has 2 amide bonds. The number of allylic oxidation sites excluding steroid dienone is 2. The quantitative estimate of drug-likeness (QED) is 0.336. The van der Waals surface area contributed by atoms with Crippen LogP contribution in [-0.2, 0) is 19.2 Å². The van der Waals surface area contributed by atoms with Gasteiger partial charge in [0.15, 0.2) is 6.61 Å². The van der Waals surface area contributed by atoms with Crippen molar-refractivity contribution in [1.29, 1.82) is 0 Å². The largest absolute Gasteiger partial charge is 0.480 e. The SMILES string of the molecule is CCC[C@@H](NC(=O)[C@@H](C)NC(=O)CO/N=C1\C=C2CC[C@H]3[C@@H]4CC[C@@H](O)[C@@]4(C)CC[C@@H]3[C@@]2(C)CC1)C(=O)O. The monoisotopic (exact) mass is 531 g/mol. The third-order valence-corrected chi connectivity index (χ3v) is 10.3. The second-order valence-corrected chi connectivity index (χ2v) is 12.5. The van der Waals surface area contributed by atoms with Gasteiger partial charge in [-0.3, -0.25) is 9.59 Å². The molecular formula is C29H45N3O6. The minimum absolute atomic E-state index is 0.0834. The van der Waals surface area contributed by atoms with Crippen molar-refractivity contribution in [2.45, 2.75) is 110 Å². The van der Waals surface area contributed by atoms with E-state index in [9.17, 15) is 24.6 Å². The Bertz CT molecular complexity index is 995. The Morgan fingerprint density at radius 2 is 1.87 bits per heavy atom. The van der Waals surface area contributed by atoms with E-state index >= 15 is 0 Å². The van der Waals surface area contributed by atoms with Crippen molar-refractivity contribution in [2.24, 2.45) is 33.7 Å². The number of aliphatic hydroxyl groups excluding tert-OH is 1. The van der Waals surface area contributed by atoms with Crippen LogP contribution in [-0.4, -0.2) is 58.5 Å². The number of aliphatic hydroxyl groups is 1. The van der Waals surface area contributed by atoms with Crippen molar-refractivity contribution in [3.8, 4) is 0 Å². The number of nitrogens with one attached hydrogen (secondary N) is 2. The Labute approximate surface area is 225 Å². The number of nitrogens with zero attached hydrogens (tertiary/aromatic N) is 1. The van der Waals surface area contributed by atoms with E-state index in [1.54, 1.807) is 0 Å². The Balaban J connectivity index is 1.30. The number of carboxylic acids is 1. The van der Waals surface area contributed by atoms with Crippen LogP contribution in [0.3, 0.4) is 0 Å². The van der Waals surface area contributed by atoms with Crippen molar-refractivity contribution in [3.05, 3.63) is 11.6 Å². The van der Waals surface area contributed by atoms with Crippen molar-refractivity contribution in [3.63, 3.8) is 0 Å². The van der Waals surface area contributed by atoms with Gasteiger partial charge < -0.3 is 25.7 Å². The summed E-state index contributed by atoms with van der Waals surface area (Å²) in [5.74, 6) is -0.186. The van der Waals surface area contributed by atoms with E-state index in [0.29, 0.717) is 30.6 Å². The molecule has 8 atom stereocenters. The molecule has 4 aliphatic carbocycles. The molecule has 38 heavy (non-hydrogen) atoms. The Kier molecular flexibility index (Phi) is 8.55. The highest BCUT2D eigenvalue weighted by Gasteiger charge is 2.58. The third kappa shape index (κ3) is 5.49. The molecule has 0 saturated heterocycles. The molecule has 3 fully saturated rings. The zero-order valence-corrected chi connectivity index (χ0v) is 23.3. The summed E-state index contributed by atoms with van der Waals surface area (Å²) in [6, 6.07) is -1.86. The van der Waals surface area contributed by atoms with Gasteiger partial charge in [-0.05, 0) is 99.4 Å². The van der Waals surface area contributed by atoms with Crippen molar-refractivity contribution < 1.29 is 29.4 Å². The van der Waals surface area contributed by atoms with Gasteiger partial charge in [0.05, 0.1) is 11.8 Å². The summed E-state index contributed by atoms with van der Waals surface area (Å²) < 4.78 is 0. The molecule has 0 spiro atoms. The number of rotatable bonds is 9. The zero-order chi connectivity index (χ0) is 27.7. The van der Waals surface area contributed by atoms with E-state index in [1.165, 1.54) is 18.9 Å². The van der Waals surface area contributed by atoms with Crippen LogP contribution in [0, 0.1) is 28.6 Å². The number of aliphatic carboxylic acids is 1. The van der Waals surface area contributed by atoms with Crippen LogP contribution in [0.5, 0.6) is 0 Å². The fraction of sp³-hybridized carbons (Fsp3) is 0.793. The average molecular weight is 532 g/mol. The number of carboxylic acid groups (broad SMARTS) is 1. The van der Waals surface area contributed by atoms with Crippen LogP contribution in [0.15, 0.2) is 16.8 Å². The molecule has 3 saturated carbocycles. The number of carbonyl (C=O) groups is 3. The first-order valence-electron chi connectivity index (χ1n) is 14.4. The van der Waals surface area contributed by atoms with Crippen LogP contribution in [0.25, 0.3) is 0 Å². The molecule has 4 aliphatic rings. The molecule has 4 rings (SSSR count). The third-order valence-electron chi connectivity index (χ3n) is 10.3. The van der Waals surface area contributed by atoms with Crippen molar-refractivity contribution in [1.82, 2.24) is 10.6 Å². The maximum atomic E-state index is 12.3. The number of hydrogen-bond acceptors (Lipinski definition) is 6. The minimum Gasteiger partial charge on any atom is -0.480 e. The van der Waals surface area contributed by atoms with Crippen molar-refractivity contribution in [2.75, 3.05) is 6.61 Å². The molecule has 0 bridgehead atoms. The van der Waals surface area contributed by atoms with Gasteiger partial charge >= 0.3 is 5.97 Å². The minimum atomic E-state index is -1.09. The molecule has 9 nitrogen and oxygen atoms in total. The number of amides is 2. The number of oxime groups is 1. The lowest BCUT2D eigenvalue weighted by molar-refractivity contribution is -0.142. The van der Waals surface area contributed by atoms with E-state index in [0.717, 1.165) is 50.7 Å². The summed E-state index contributed by atoms with van der Waals surface area (Å²) in [5.41, 5.74) is 2.52. The maximum absolute atomic E-state index is 12.3. The van der Waals surface area contributed by atoms with Gasteiger partial charge in [-0.1, -0.05) is 37.9 Å². The molecule has 0 unspecified atom stereocenters. The van der Waals surface area contributed by atoms with E-state index in [1.807, 2.05) is 6.92 Å². The van der Waals surface area contributed by atoms with Crippen LogP contribution in [0.4, 0.5) is 0 Å². The highest BCUT2D eigenvalue weighted by Crippen LogP contribution is 2.65. The highest BCUT2D eigenvalue weighted by atomic mass is 16.6. The average Bonchev–Trinajstić information content (AvgIpc) is 3.18. The summed E-state index contributed by atoms with van der Waals surface area (Å²) in [5, 5.41) is 29.1. The lowest BCUT2D eigenvalue weighted by Crippen LogP contribution is -2.51. The summed E-state index contributed by atoms with van der Waals surface area (Å²) >= 11 is 0. The first kappa shape index (κ1) is 28.6. The predicted molar refractivity (Wildman–Crippen MR) is 143 cm³/mol. The zero-order valence-electron chi connectivity index (χ0n) is 23.3. The summed E-state index contributed by atoms with van der Waals surface area (Å²) in [7, 11) is 0. The maximum Gasteiger partial charge on any atom is 0.326 e. The Hall–Kier alpha value is -2.42. The topological polar surface area (TPSA) is 137 Å². The fourth-order valence-electron chi connectivity index (χ4n) is 7.98. The molecule has 0 aromatic carbocycles. The van der Waals surface area contributed by atoms with Crippen LogP contribution in [0.2, 0.25) is 0 Å². The number of hydrogen-bond donors (Lipinski definition) is 4. The molecular weight excluding hydrogens is 486 g/mol. The molecule has 212 valence electrons. The standard InChI is InChI=1S/C29H45N3O6/c1-5-6-23(27(36)37)31-26(35)17(2)30-25(34)16-38-32-19-11-13-28(3)18(15-19)7-8-20-21-9-10-24(33)29(21,4)14-12-22(20)28/h15,17,20-24,33H,5-14,16H2,1-4H3,(H,30,34)(H,31,35)(H,36,37)/b32-19-/t17-,20+,21+,22+,23-,24-,28+,29+/m1/s1. The molecule has 0 heterocycles. The van der Waals surface area contributed by atoms with Crippen molar-refractivity contribution >= 4 is 23.5 Å². The van der Waals surface area contributed by atoms with Crippen LogP contribution >= 0.6 is 0 Å². The highest BCUT2D eigenvalue weighted by molar-refractivity contribution is 5.96. The van der Waals surface area contributed by atoms with Gasteiger partial charge in [0, 0.05) is 0 Å². The van der Waals surface area contributed by atoms with E-state index in [4.69, 9.17) is 4.84 Å². The van der Waals surface area contributed by atoms with E-state index < -0.39 is 29.9 Å². The van der Waals surface area contributed by atoms with Gasteiger partial charge in [0.2, 0.25) is 5.91 Å². The van der Waals surface area contributed by atoms with Crippen LogP contribution in [0.1, 0.15) is 91.9 Å². The fourth-order valence-corrected chi connectivity index (χ4v) is 7.98. The number of fused-ring (bicyclic) bond motifs is 5. The second kappa shape index (κ2) is 11.4. The first-order chi connectivity index (χ1) is 18.0. The van der Waals surface area contributed by atoms with E-state index in [-0.39, 0.29) is 23.5 Å². The normalized spacial score (nSPS) is 36.7. The molecule has 9 heteroatoms. The van der Waals surface area contributed by atoms with E-state index in [2.05, 4.69) is 35.7 Å². The smallest absolute Gasteiger partial charge is 0.326 e.